The predicted octanol–water partition coefficient (Wildman–Crippen LogP) is 2.35. The van der Waals surface area contributed by atoms with Gasteiger partial charge in [0.15, 0.2) is 5.78 Å². The molecule has 0 saturated heterocycles. The van der Waals surface area contributed by atoms with E-state index in [0.29, 0.717) is 18.7 Å². The van der Waals surface area contributed by atoms with Crippen LogP contribution < -0.4 is 0 Å². The molecule has 1 aliphatic rings. The van der Waals surface area contributed by atoms with Gasteiger partial charge in [0.05, 0.1) is 22.8 Å². The van der Waals surface area contributed by atoms with Gasteiger partial charge in [0.25, 0.3) is 0 Å². The summed E-state index contributed by atoms with van der Waals surface area (Å²) >= 11 is 3.44. The zero-order valence-corrected chi connectivity index (χ0v) is 13.9. The summed E-state index contributed by atoms with van der Waals surface area (Å²) in [6.45, 7) is 1.56. The normalized spacial score (nSPS) is 17.2. The third kappa shape index (κ3) is 3.30. The molecule has 2 rings (SSSR count). The number of methoxy groups -OCH3 is 1. The van der Waals surface area contributed by atoms with Crippen molar-refractivity contribution < 1.29 is 9.53 Å². The van der Waals surface area contributed by atoms with Gasteiger partial charge in [-0.05, 0) is 49.3 Å². The molecule has 20 heavy (non-hydrogen) atoms. The Kier molecular flexibility index (Phi) is 4.99. The summed E-state index contributed by atoms with van der Waals surface area (Å²) < 4.78 is 8.10. The summed E-state index contributed by atoms with van der Waals surface area (Å²) in [6, 6.07) is 0. The second-order valence-corrected chi connectivity index (χ2v) is 6.56. The molecule has 1 saturated carbocycles. The van der Waals surface area contributed by atoms with Crippen molar-refractivity contribution in [2.24, 2.45) is 0 Å². The van der Waals surface area contributed by atoms with Crippen molar-refractivity contribution in [2.75, 3.05) is 27.7 Å². The standard InChI is InChI=1S/C14H22BrN3O2/c1-17(2)7-8-18-13(11(15)10-16-18)12(19)9-14(20-3)5-4-6-14/h10H,4-9H2,1-3H3. The highest BCUT2D eigenvalue weighted by molar-refractivity contribution is 9.10. The van der Waals surface area contributed by atoms with Crippen LogP contribution in [0.4, 0.5) is 0 Å². The van der Waals surface area contributed by atoms with Gasteiger partial charge in [-0.2, -0.15) is 5.10 Å². The molecule has 0 spiro atoms. The third-order valence-corrected chi connectivity index (χ3v) is 4.58. The van der Waals surface area contributed by atoms with Crippen molar-refractivity contribution in [1.29, 1.82) is 0 Å². The van der Waals surface area contributed by atoms with Crippen molar-refractivity contribution in [3.8, 4) is 0 Å². The second kappa shape index (κ2) is 6.37. The van der Waals surface area contributed by atoms with E-state index in [2.05, 4.69) is 25.9 Å². The number of rotatable bonds is 7. The Morgan fingerprint density at radius 2 is 2.25 bits per heavy atom. The molecular formula is C14H22BrN3O2. The van der Waals surface area contributed by atoms with E-state index in [9.17, 15) is 4.79 Å². The average molecular weight is 344 g/mol. The fourth-order valence-electron chi connectivity index (χ4n) is 2.50. The molecule has 0 aromatic carbocycles. The second-order valence-electron chi connectivity index (χ2n) is 5.71. The molecule has 1 aliphatic carbocycles. The van der Waals surface area contributed by atoms with E-state index in [1.54, 1.807) is 18.0 Å². The lowest BCUT2D eigenvalue weighted by atomic mass is 9.76. The molecule has 6 heteroatoms. The van der Waals surface area contributed by atoms with Crippen LogP contribution in [0.1, 0.15) is 36.2 Å². The zero-order chi connectivity index (χ0) is 14.8. The van der Waals surface area contributed by atoms with Gasteiger partial charge >= 0.3 is 0 Å². The van der Waals surface area contributed by atoms with E-state index < -0.39 is 0 Å². The summed E-state index contributed by atoms with van der Waals surface area (Å²) in [6.07, 6.45) is 5.22. The largest absolute Gasteiger partial charge is 0.378 e. The van der Waals surface area contributed by atoms with E-state index in [0.717, 1.165) is 30.3 Å². The van der Waals surface area contributed by atoms with E-state index in [-0.39, 0.29) is 11.4 Å². The first-order valence-electron chi connectivity index (χ1n) is 6.92. The number of hydrogen-bond donors (Lipinski definition) is 0. The van der Waals surface area contributed by atoms with E-state index in [1.165, 1.54) is 0 Å². The molecule has 5 nitrogen and oxygen atoms in total. The Labute approximate surface area is 128 Å². The van der Waals surface area contributed by atoms with Crippen molar-refractivity contribution in [1.82, 2.24) is 14.7 Å². The number of ether oxygens (including phenoxy) is 1. The molecule has 0 amide bonds. The highest BCUT2D eigenvalue weighted by Gasteiger charge is 2.40. The van der Waals surface area contributed by atoms with E-state index in [1.807, 2.05) is 14.1 Å². The first-order chi connectivity index (χ1) is 9.47. The van der Waals surface area contributed by atoms with Crippen LogP contribution in [0.5, 0.6) is 0 Å². The SMILES string of the molecule is COC1(CC(=O)c2c(Br)cnn2CCN(C)C)CCC1. The summed E-state index contributed by atoms with van der Waals surface area (Å²) in [4.78, 5) is 14.7. The minimum absolute atomic E-state index is 0.106. The molecule has 1 heterocycles. The summed E-state index contributed by atoms with van der Waals surface area (Å²) in [5, 5.41) is 4.29. The smallest absolute Gasteiger partial charge is 0.184 e. The number of halogens is 1. The Hall–Kier alpha value is -0.720. The lowest BCUT2D eigenvalue weighted by molar-refractivity contribution is -0.0706. The summed E-state index contributed by atoms with van der Waals surface area (Å²) in [5.74, 6) is 0.106. The van der Waals surface area contributed by atoms with Gasteiger partial charge in [-0.15, -0.1) is 0 Å². The maximum atomic E-state index is 12.6. The lowest BCUT2D eigenvalue weighted by Crippen LogP contribution is -2.41. The van der Waals surface area contributed by atoms with Crippen LogP contribution in [-0.4, -0.2) is 53.8 Å². The number of hydrogen-bond acceptors (Lipinski definition) is 4. The predicted molar refractivity (Wildman–Crippen MR) is 81.0 cm³/mol. The minimum atomic E-state index is -0.243. The third-order valence-electron chi connectivity index (χ3n) is 4.00. The Balaban J connectivity index is 2.10. The van der Waals surface area contributed by atoms with Gasteiger partial charge in [0.2, 0.25) is 0 Å². The molecule has 0 bridgehead atoms. The van der Waals surface area contributed by atoms with Crippen molar-refractivity contribution in [3.63, 3.8) is 0 Å². The number of aromatic nitrogens is 2. The molecule has 0 radical (unpaired) electrons. The van der Waals surface area contributed by atoms with Gasteiger partial charge in [0.1, 0.15) is 5.69 Å². The Bertz CT molecular complexity index is 475. The number of carbonyl (C=O) groups excluding carboxylic acids is 1. The van der Waals surface area contributed by atoms with Crippen LogP contribution >= 0.6 is 15.9 Å². The number of Topliss-reactive ketones (excluding diaryl/α,β-unsaturated/α-hetero) is 1. The fourth-order valence-corrected chi connectivity index (χ4v) is 3.02. The topological polar surface area (TPSA) is 47.4 Å². The van der Waals surface area contributed by atoms with Crippen LogP contribution in [0.3, 0.4) is 0 Å². The fraction of sp³-hybridized carbons (Fsp3) is 0.714. The molecule has 0 aliphatic heterocycles. The lowest BCUT2D eigenvalue weighted by Gasteiger charge is -2.40. The molecule has 1 aromatic rings. The highest BCUT2D eigenvalue weighted by atomic mass is 79.9. The maximum absolute atomic E-state index is 12.6. The molecule has 0 N–H and O–H groups in total. The average Bonchev–Trinajstić information content (AvgIpc) is 2.72. The number of nitrogens with zero attached hydrogens (tertiary/aromatic N) is 3. The van der Waals surface area contributed by atoms with Crippen LogP contribution in [0.2, 0.25) is 0 Å². The van der Waals surface area contributed by atoms with Crippen molar-refractivity contribution in [2.45, 2.75) is 37.8 Å². The number of carbonyl (C=O) groups is 1. The summed E-state index contributed by atoms with van der Waals surface area (Å²) in [5.41, 5.74) is 0.419. The minimum Gasteiger partial charge on any atom is -0.378 e. The van der Waals surface area contributed by atoms with Crippen LogP contribution in [0, 0.1) is 0 Å². The van der Waals surface area contributed by atoms with Gasteiger partial charge < -0.3 is 9.64 Å². The van der Waals surface area contributed by atoms with Crippen LogP contribution in [-0.2, 0) is 11.3 Å². The molecule has 112 valence electrons. The Morgan fingerprint density at radius 1 is 1.55 bits per heavy atom. The number of ketones is 1. The molecule has 1 aromatic heterocycles. The molecule has 0 unspecified atom stereocenters. The van der Waals surface area contributed by atoms with Gasteiger partial charge in [-0.25, -0.2) is 0 Å². The van der Waals surface area contributed by atoms with Gasteiger partial charge in [-0.3, -0.25) is 9.48 Å². The first-order valence-corrected chi connectivity index (χ1v) is 7.71. The Morgan fingerprint density at radius 3 is 2.75 bits per heavy atom. The van der Waals surface area contributed by atoms with Gasteiger partial charge in [0, 0.05) is 20.1 Å². The van der Waals surface area contributed by atoms with Crippen LogP contribution in [0.15, 0.2) is 10.7 Å². The first kappa shape index (κ1) is 15.7. The maximum Gasteiger partial charge on any atom is 0.184 e. The van der Waals surface area contributed by atoms with E-state index >= 15 is 0 Å². The summed E-state index contributed by atoms with van der Waals surface area (Å²) in [7, 11) is 5.72. The molecule has 1 fully saturated rings. The van der Waals surface area contributed by atoms with Crippen molar-refractivity contribution in [3.05, 3.63) is 16.4 Å². The zero-order valence-electron chi connectivity index (χ0n) is 12.4. The van der Waals surface area contributed by atoms with Gasteiger partial charge in [-0.1, -0.05) is 0 Å². The molecule has 0 atom stereocenters. The van der Waals surface area contributed by atoms with Crippen LogP contribution in [0.25, 0.3) is 0 Å². The highest BCUT2D eigenvalue weighted by Crippen LogP contribution is 2.39. The van der Waals surface area contributed by atoms with E-state index in [4.69, 9.17) is 4.74 Å². The monoisotopic (exact) mass is 343 g/mol. The quantitative estimate of drug-likeness (QED) is 0.713. The molecular weight excluding hydrogens is 322 g/mol. The van der Waals surface area contributed by atoms with Crippen molar-refractivity contribution >= 4 is 21.7 Å². The number of likely N-dealkylation sites (N-methyl/N-ethyl adjacent to an activating group) is 1.